The third-order valence-electron chi connectivity index (χ3n) is 12.1. The zero-order valence-electron chi connectivity index (χ0n) is 31.0. The van der Waals surface area contributed by atoms with Crippen LogP contribution in [0.2, 0.25) is 0 Å². The predicted molar refractivity (Wildman–Crippen MR) is 202 cm³/mol. The van der Waals surface area contributed by atoms with Gasteiger partial charge in [0, 0.05) is 31.6 Å². The van der Waals surface area contributed by atoms with E-state index in [0.717, 1.165) is 0 Å². The van der Waals surface area contributed by atoms with Gasteiger partial charge in [0.25, 0.3) is 11.8 Å². The SMILES string of the molecule is NC(=O)C[C@]1(O)Cc2ccc(cc2)[C@]1(C(=O)NC(=O)O)N1CCCC1N(c1ccccc1)C1CCCN1[C@@]1(C(=O)NC(=O)O)c2ccc(cc2)C[C@@]1(O)CC(N)=O. The molecular formula is C40H45N7O10. The number of nitrogens with one attached hydrogen (secondary N) is 2. The molecule has 17 heteroatoms. The number of hydrogen-bond donors (Lipinski definition) is 8. The van der Waals surface area contributed by atoms with Crippen LogP contribution >= 0.6 is 0 Å². The van der Waals surface area contributed by atoms with Crippen LogP contribution in [-0.4, -0.2) is 103 Å². The molecule has 2 fully saturated rings. The topological polar surface area (TPSA) is 269 Å². The van der Waals surface area contributed by atoms with E-state index in [1.54, 1.807) is 88.7 Å². The Balaban J connectivity index is 1.47. The molecule has 4 bridgehead atoms. The van der Waals surface area contributed by atoms with Gasteiger partial charge in [0.05, 0.1) is 25.2 Å². The van der Waals surface area contributed by atoms with E-state index < -0.39 is 83.3 Å². The third kappa shape index (κ3) is 6.26. The Hall–Kier alpha value is -5.88. The number of carboxylic acid groups (broad SMARTS) is 2. The molecule has 2 heterocycles. The zero-order chi connectivity index (χ0) is 40.9. The van der Waals surface area contributed by atoms with Crippen LogP contribution in [0.5, 0.6) is 0 Å². The Labute approximate surface area is 327 Å². The number of amides is 6. The number of anilines is 1. The summed E-state index contributed by atoms with van der Waals surface area (Å²) in [6.07, 6.45) is -5.56. The second-order valence-electron chi connectivity index (χ2n) is 15.4. The first kappa shape index (κ1) is 39.4. The summed E-state index contributed by atoms with van der Waals surface area (Å²) in [5.41, 5.74) is 4.66. The standard InChI is InChI=1S/C40H45N7O10/c41-29(48)22-37(56)20-24-10-14-26(15-11-24)39(37,33(50)43-35(52)53)45-18-4-8-31(45)47(28-6-2-1-3-7-28)32-9-5-19-46(32)40(34(51)44-36(54)55)27-16-12-25(13-17-27)21-38(40,57)23-30(42)49/h1-3,6-7,10-17,31-32,56-57H,4-5,8-9,18-23H2,(H2,41,48)(H2,42,49)(H,43,50)(H,44,51)(H,52,53)(H,54,55)/t31?,32?,37-,38-,39-,40-/m1/s1. The molecule has 6 aliphatic rings. The first-order valence-electron chi connectivity index (χ1n) is 18.7. The number of benzene rings is 3. The fraction of sp³-hybridized carbons (Fsp3) is 0.400. The maximum absolute atomic E-state index is 14.8. The molecule has 9 rings (SSSR count). The van der Waals surface area contributed by atoms with Gasteiger partial charge in [-0.05, 0) is 60.1 Å². The Kier molecular flexibility index (Phi) is 10.1. The van der Waals surface area contributed by atoms with Gasteiger partial charge in [-0.25, -0.2) is 9.59 Å². The lowest BCUT2D eigenvalue weighted by Gasteiger charge is -2.57. The van der Waals surface area contributed by atoms with E-state index in [4.69, 9.17) is 11.5 Å². The van der Waals surface area contributed by atoms with Crippen LogP contribution in [-0.2, 0) is 43.1 Å². The van der Waals surface area contributed by atoms with Gasteiger partial charge >= 0.3 is 12.2 Å². The van der Waals surface area contributed by atoms with Gasteiger partial charge in [-0.3, -0.25) is 39.6 Å². The van der Waals surface area contributed by atoms with Gasteiger partial charge < -0.3 is 36.8 Å². The van der Waals surface area contributed by atoms with Gasteiger partial charge in [-0.2, -0.15) is 0 Å². The number of nitrogens with two attached hydrogens (primary N) is 2. The highest BCUT2D eigenvalue weighted by Crippen LogP contribution is 2.53. The van der Waals surface area contributed by atoms with Crippen LogP contribution in [0.15, 0.2) is 78.9 Å². The smallest absolute Gasteiger partial charge is 0.411 e. The molecule has 57 heavy (non-hydrogen) atoms. The number of imide groups is 2. The Morgan fingerprint density at radius 2 is 1.02 bits per heavy atom. The van der Waals surface area contributed by atoms with Gasteiger partial charge in [-0.1, -0.05) is 66.7 Å². The number of aliphatic hydroxyl groups is 2. The Bertz CT molecular complexity index is 1970. The maximum Gasteiger partial charge on any atom is 0.411 e. The molecule has 4 aliphatic carbocycles. The van der Waals surface area contributed by atoms with E-state index in [0.29, 0.717) is 42.5 Å². The number of para-hydroxylation sites is 1. The van der Waals surface area contributed by atoms with Crippen LogP contribution in [0, 0.1) is 0 Å². The number of hydrogen-bond acceptors (Lipinski definition) is 11. The quantitative estimate of drug-likeness (QED) is 0.135. The molecule has 6 amide bonds. The van der Waals surface area contributed by atoms with Crippen LogP contribution < -0.4 is 27.0 Å². The van der Waals surface area contributed by atoms with Gasteiger partial charge in [0.15, 0.2) is 11.1 Å². The van der Waals surface area contributed by atoms with Crippen LogP contribution in [0.3, 0.4) is 0 Å². The number of nitrogens with zero attached hydrogens (tertiary/aromatic N) is 3. The van der Waals surface area contributed by atoms with E-state index >= 15 is 0 Å². The molecule has 300 valence electrons. The van der Waals surface area contributed by atoms with Crippen molar-refractivity contribution in [1.29, 1.82) is 0 Å². The normalized spacial score (nSPS) is 29.3. The monoisotopic (exact) mass is 783 g/mol. The largest absolute Gasteiger partial charge is 0.465 e. The summed E-state index contributed by atoms with van der Waals surface area (Å²) in [6.45, 7) is 0.236. The predicted octanol–water partition coefficient (Wildman–Crippen LogP) is 1.04. The van der Waals surface area contributed by atoms with E-state index in [2.05, 4.69) is 0 Å². The minimum atomic E-state index is -2.27. The average Bonchev–Trinajstić information content (AvgIpc) is 3.71. The highest BCUT2D eigenvalue weighted by atomic mass is 16.4. The van der Waals surface area contributed by atoms with Crippen molar-refractivity contribution in [3.8, 4) is 0 Å². The molecule has 0 aromatic heterocycles. The van der Waals surface area contributed by atoms with Crippen molar-refractivity contribution in [2.24, 2.45) is 11.5 Å². The van der Waals surface area contributed by atoms with Crippen LogP contribution in [0.4, 0.5) is 15.3 Å². The number of carbonyl (C=O) groups is 6. The lowest BCUT2D eigenvalue weighted by atomic mass is 9.69. The molecule has 0 spiro atoms. The van der Waals surface area contributed by atoms with Crippen molar-refractivity contribution in [2.45, 2.75) is 86.0 Å². The minimum Gasteiger partial charge on any atom is -0.465 e. The Morgan fingerprint density at radius 3 is 1.37 bits per heavy atom. The Morgan fingerprint density at radius 1 is 0.632 bits per heavy atom. The minimum absolute atomic E-state index is 0.118. The van der Waals surface area contributed by atoms with Gasteiger partial charge in [0.2, 0.25) is 11.8 Å². The van der Waals surface area contributed by atoms with E-state index in [1.165, 1.54) is 0 Å². The lowest BCUT2D eigenvalue weighted by Crippen LogP contribution is -2.75. The number of primary amides is 2. The molecule has 3 aromatic carbocycles. The summed E-state index contributed by atoms with van der Waals surface area (Å²) in [5, 5.41) is 49.6. The van der Waals surface area contributed by atoms with Gasteiger partial charge in [-0.15, -0.1) is 0 Å². The molecular weight excluding hydrogens is 738 g/mol. The molecule has 2 unspecified atom stereocenters. The molecule has 3 aromatic rings. The molecule has 0 saturated carbocycles. The third-order valence-corrected chi connectivity index (χ3v) is 12.1. The first-order valence-corrected chi connectivity index (χ1v) is 18.7. The highest BCUT2D eigenvalue weighted by molar-refractivity contribution is 6.00. The van der Waals surface area contributed by atoms with Crippen molar-refractivity contribution in [3.63, 3.8) is 0 Å². The van der Waals surface area contributed by atoms with Crippen molar-refractivity contribution in [1.82, 2.24) is 20.4 Å². The van der Waals surface area contributed by atoms with Crippen molar-refractivity contribution in [3.05, 3.63) is 101 Å². The maximum atomic E-state index is 14.8. The zero-order valence-corrected chi connectivity index (χ0v) is 31.0. The van der Waals surface area contributed by atoms with Gasteiger partial charge in [0.1, 0.15) is 11.2 Å². The van der Waals surface area contributed by atoms with Crippen molar-refractivity contribution >= 4 is 41.5 Å². The molecule has 2 saturated heterocycles. The number of fused-ring (bicyclic) bond motifs is 8. The van der Waals surface area contributed by atoms with E-state index in [9.17, 15) is 49.2 Å². The number of likely N-dealkylation sites (tertiary alicyclic amines) is 2. The summed E-state index contributed by atoms with van der Waals surface area (Å²) < 4.78 is 0. The number of carbonyl (C=O) groups excluding carboxylic acids is 4. The van der Waals surface area contributed by atoms with E-state index in [1.807, 2.05) is 15.5 Å². The number of rotatable bonds is 11. The molecule has 6 atom stereocenters. The first-order chi connectivity index (χ1) is 27.1. The summed E-state index contributed by atoms with van der Waals surface area (Å²) in [7, 11) is 0. The van der Waals surface area contributed by atoms with Crippen LogP contribution in [0.25, 0.3) is 0 Å². The molecule has 17 nitrogen and oxygen atoms in total. The van der Waals surface area contributed by atoms with Crippen molar-refractivity contribution < 1.29 is 49.2 Å². The summed E-state index contributed by atoms with van der Waals surface area (Å²) >= 11 is 0. The highest BCUT2D eigenvalue weighted by Gasteiger charge is 2.68. The average molecular weight is 784 g/mol. The van der Waals surface area contributed by atoms with E-state index in [-0.39, 0.29) is 37.1 Å². The fourth-order valence-corrected chi connectivity index (χ4v) is 10.3. The summed E-state index contributed by atoms with van der Waals surface area (Å²) in [5.74, 6) is -4.06. The molecule has 2 aliphatic heterocycles. The molecule has 10 N–H and O–H groups in total. The second-order valence-corrected chi connectivity index (χ2v) is 15.4. The van der Waals surface area contributed by atoms with Crippen molar-refractivity contribution in [2.75, 3.05) is 18.0 Å². The second kappa shape index (κ2) is 14.6. The summed E-state index contributed by atoms with van der Waals surface area (Å²) in [6, 6.07) is 22.2. The summed E-state index contributed by atoms with van der Waals surface area (Å²) in [4.78, 5) is 85.0. The fourth-order valence-electron chi connectivity index (χ4n) is 10.3. The molecule has 0 radical (unpaired) electrons. The lowest BCUT2D eigenvalue weighted by molar-refractivity contribution is -0.170. The van der Waals surface area contributed by atoms with Crippen LogP contribution in [0.1, 0.15) is 60.8 Å².